The number of nitro groups is 1. The van der Waals surface area contributed by atoms with Gasteiger partial charge >= 0.3 is 0 Å². The Morgan fingerprint density at radius 3 is 2.57 bits per heavy atom. The molecule has 1 saturated carbocycles. The van der Waals surface area contributed by atoms with E-state index in [2.05, 4.69) is 5.32 Å². The van der Waals surface area contributed by atoms with E-state index in [1.54, 1.807) is 12.1 Å². The Morgan fingerprint density at radius 1 is 1.29 bits per heavy atom. The lowest BCUT2D eigenvalue weighted by atomic mass is 9.97. The van der Waals surface area contributed by atoms with Gasteiger partial charge in [0.15, 0.2) is 0 Å². The number of nitrogens with zero attached hydrogens (tertiary/aromatic N) is 1. The lowest BCUT2D eigenvalue weighted by Crippen LogP contribution is -2.32. The van der Waals surface area contributed by atoms with Gasteiger partial charge < -0.3 is 10.4 Å². The molecule has 1 fully saturated rings. The topological polar surface area (TPSA) is 92.5 Å². The van der Waals surface area contributed by atoms with E-state index >= 15 is 0 Å². The molecule has 6 heteroatoms. The molecule has 2 N–H and O–H groups in total. The molecule has 1 aromatic rings. The van der Waals surface area contributed by atoms with Crippen molar-refractivity contribution in [3.63, 3.8) is 0 Å². The summed E-state index contributed by atoms with van der Waals surface area (Å²) in [6.07, 6.45) is 3.39. The Labute approximate surface area is 123 Å². The van der Waals surface area contributed by atoms with E-state index in [1.807, 2.05) is 0 Å². The summed E-state index contributed by atoms with van der Waals surface area (Å²) in [4.78, 5) is 22.0. The first-order valence-electron chi connectivity index (χ1n) is 7.21. The van der Waals surface area contributed by atoms with Crippen LogP contribution in [0.5, 0.6) is 0 Å². The molecule has 0 aliphatic heterocycles. The number of carbonyl (C=O) groups excluding carboxylic acids is 1. The minimum absolute atomic E-state index is 0.0240. The largest absolute Gasteiger partial charge is 0.396 e. The van der Waals surface area contributed by atoms with Crippen LogP contribution in [0.15, 0.2) is 24.3 Å². The van der Waals surface area contributed by atoms with Crippen molar-refractivity contribution >= 4 is 11.6 Å². The smallest absolute Gasteiger partial charge is 0.269 e. The van der Waals surface area contributed by atoms with Gasteiger partial charge in [-0.1, -0.05) is 18.6 Å². The number of amides is 1. The first kappa shape index (κ1) is 15.4. The summed E-state index contributed by atoms with van der Waals surface area (Å²) in [6, 6.07) is 6.01. The van der Waals surface area contributed by atoms with Gasteiger partial charge in [-0.2, -0.15) is 0 Å². The minimum atomic E-state index is -0.459. The third-order valence-electron chi connectivity index (χ3n) is 4.12. The molecule has 2 unspecified atom stereocenters. The van der Waals surface area contributed by atoms with Gasteiger partial charge in [-0.3, -0.25) is 14.9 Å². The lowest BCUT2D eigenvalue weighted by molar-refractivity contribution is -0.384. The summed E-state index contributed by atoms with van der Waals surface area (Å²) >= 11 is 0. The summed E-state index contributed by atoms with van der Waals surface area (Å²) in [7, 11) is 0. The summed E-state index contributed by atoms with van der Waals surface area (Å²) in [5.41, 5.74) is 0.777. The molecule has 0 radical (unpaired) electrons. The zero-order valence-electron chi connectivity index (χ0n) is 11.8. The number of rotatable bonds is 6. The van der Waals surface area contributed by atoms with E-state index < -0.39 is 4.92 Å². The molecule has 0 heterocycles. The quantitative estimate of drug-likeness (QED) is 0.616. The van der Waals surface area contributed by atoms with Crippen molar-refractivity contribution in [2.75, 3.05) is 13.2 Å². The monoisotopic (exact) mass is 292 g/mol. The average Bonchev–Trinajstić information content (AvgIpc) is 2.93. The Bertz CT molecular complexity index is 501. The molecule has 2 rings (SSSR count). The van der Waals surface area contributed by atoms with Crippen LogP contribution in [0.4, 0.5) is 5.69 Å². The molecule has 1 aliphatic carbocycles. The predicted molar refractivity (Wildman–Crippen MR) is 77.7 cm³/mol. The normalized spacial score (nSPS) is 21.2. The third kappa shape index (κ3) is 4.26. The summed E-state index contributed by atoms with van der Waals surface area (Å²) < 4.78 is 0. The summed E-state index contributed by atoms with van der Waals surface area (Å²) in [5, 5.41) is 22.7. The van der Waals surface area contributed by atoms with E-state index in [-0.39, 0.29) is 24.6 Å². The SMILES string of the molecule is O=C(Cc1ccc([N+](=O)[O-])cc1)NCC1CCCC1CO. The molecule has 1 amide bonds. The molecular formula is C15H20N2O4. The highest BCUT2D eigenvalue weighted by molar-refractivity contribution is 5.78. The molecule has 21 heavy (non-hydrogen) atoms. The molecule has 6 nitrogen and oxygen atoms in total. The van der Waals surface area contributed by atoms with Crippen LogP contribution in [0.1, 0.15) is 24.8 Å². The van der Waals surface area contributed by atoms with E-state index in [1.165, 1.54) is 12.1 Å². The molecule has 114 valence electrons. The predicted octanol–water partition coefficient (Wildman–Crippen LogP) is 1.66. The number of aliphatic hydroxyl groups excluding tert-OH is 1. The average molecular weight is 292 g/mol. The van der Waals surface area contributed by atoms with Crippen molar-refractivity contribution in [2.45, 2.75) is 25.7 Å². The van der Waals surface area contributed by atoms with Crippen LogP contribution in [0.25, 0.3) is 0 Å². The number of hydrogen-bond donors (Lipinski definition) is 2. The van der Waals surface area contributed by atoms with E-state index in [0.717, 1.165) is 24.8 Å². The third-order valence-corrected chi connectivity index (χ3v) is 4.12. The highest BCUT2D eigenvalue weighted by atomic mass is 16.6. The lowest BCUT2D eigenvalue weighted by Gasteiger charge is -2.17. The molecule has 0 saturated heterocycles. The number of aliphatic hydroxyl groups is 1. The van der Waals surface area contributed by atoms with Gasteiger partial charge in [-0.25, -0.2) is 0 Å². The molecule has 0 aromatic heterocycles. The van der Waals surface area contributed by atoms with Gasteiger partial charge in [0.05, 0.1) is 11.3 Å². The number of benzene rings is 1. The van der Waals surface area contributed by atoms with Gasteiger partial charge in [0.2, 0.25) is 5.91 Å². The van der Waals surface area contributed by atoms with Crippen molar-refractivity contribution in [1.29, 1.82) is 0 Å². The fraction of sp³-hybridized carbons (Fsp3) is 0.533. The maximum Gasteiger partial charge on any atom is 0.269 e. The van der Waals surface area contributed by atoms with Crippen LogP contribution in [0, 0.1) is 22.0 Å². The molecule has 1 aliphatic rings. The van der Waals surface area contributed by atoms with Crippen LogP contribution in [-0.2, 0) is 11.2 Å². The van der Waals surface area contributed by atoms with Crippen molar-refractivity contribution < 1.29 is 14.8 Å². The van der Waals surface area contributed by atoms with E-state index in [9.17, 15) is 20.0 Å². The van der Waals surface area contributed by atoms with Crippen molar-refractivity contribution in [2.24, 2.45) is 11.8 Å². The highest BCUT2D eigenvalue weighted by Crippen LogP contribution is 2.30. The summed E-state index contributed by atoms with van der Waals surface area (Å²) in [5.74, 6) is 0.563. The molecule has 2 atom stereocenters. The van der Waals surface area contributed by atoms with Crippen LogP contribution < -0.4 is 5.32 Å². The van der Waals surface area contributed by atoms with E-state index in [4.69, 9.17) is 0 Å². The number of nitrogens with one attached hydrogen (secondary N) is 1. The fourth-order valence-corrected chi connectivity index (χ4v) is 2.85. The first-order valence-corrected chi connectivity index (χ1v) is 7.21. The molecular weight excluding hydrogens is 272 g/mol. The van der Waals surface area contributed by atoms with Gasteiger partial charge in [0, 0.05) is 25.3 Å². The number of carbonyl (C=O) groups is 1. The number of hydrogen-bond acceptors (Lipinski definition) is 4. The van der Waals surface area contributed by atoms with Crippen LogP contribution in [0.2, 0.25) is 0 Å². The Balaban J connectivity index is 1.80. The standard InChI is InChI=1S/C15H20N2O4/c18-10-13-3-1-2-12(13)9-16-15(19)8-11-4-6-14(7-5-11)17(20)21/h4-7,12-13,18H,1-3,8-10H2,(H,16,19). The van der Waals surface area contributed by atoms with Crippen LogP contribution in [0.3, 0.4) is 0 Å². The number of non-ortho nitro benzene ring substituents is 1. The maximum atomic E-state index is 11.9. The van der Waals surface area contributed by atoms with Crippen LogP contribution in [-0.4, -0.2) is 29.1 Å². The molecule has 0 bridgehead atoms. The zero-order valence-corrected chi connectivity index (χ0v) is 11.8. The highest BCUT2D eigenvalue weighted by Gasteiger charge is 2.26. The van der Waals surface area contributed by atoms with Crippen molar-refractivity contribution in [3.8, 4) is 0 Å². The Hall–Kier alpha value is -1.95. The zero-order chi connectivity index (χ0) is 15.2. The Kier molecular flexibility index (Phi) is 5.27. The molecule has 1 aromatic carbocycles. The minimum Gasteiger partial charge on any atom is -0.396 e. The van der Waals surface area contributed by atoms with Gasteiger partial charge in [0.1, 0.15) is 0 Å². The van der Waals surface area contributed by atoms with Crippen molar-refractivity contribution in [3.05, 3.63) is 39.9 Å². The maximum absolute atomic E-state index is 11.9. The molecule has 0 spiro atoms. The second kappa shape index (κ2) is 7.17. The van der Waals surface area contributed by atoms with Gasteiger partial charge in [0.25, 0.3) is 5.69 Å². The fourth-order valence-electron chi connectivity index (χ4n) is 2.85. The van der Waals surface area contributed by atoms with Crippen molar-refractivity contribution in [1.82, 2.24) is 5.32 Å². The summed E-state index contributed by atoms with van der Waals surface area (Å²) in [6.45, 7) is 0.778. The second-order valence-electron chi connectivity index (χ2n) is 5.54. The van der Waals surface area contributed by atoms with E-state index in [0.29, 0.717) is 18.4 Å². The second-order valence-corrected chi connectivity index (χ2v) is 5.54. The Morgan fingerprint density at radius 2 is 1.95 bits per heavy atom. The van der Waals surface area contributed by atoms with Crippen LogP contribution >= 0.6 is 0 Å². The van der Waals surface area contributed by atoms with Gasteiger partial charge in [-0.15, -0.1) is 0 Å². The number of nitro benzene ring substituents is 1. The van der Waals surface area contributed by atoms with Gasteiger partial charge in [-0.05, 0) is 30.2 Å². The first-order chi connectivity index (χ1) is 10.1.